The summed E-state index contributed by atoms with van der Waals surface area (Å²) in [6, 6.07) is 0. The molecule has 69 heavy (non-hydrogen) atoms. The standard InChI is InChI=1S/C42H76N8O19/c43-20-31(56)49-30(55)12-6-3-9-15-46-34(59)23-50(21-32(57)44-13-7-1-4-10-28(53)47-16-18-66-41-39(64)37(62)35(60)26(24-51)68-41)22-33(58)45-14-8-2-5-11-29(54)48-17-19-67-42-40(65)38(63)36(61)27(25-52)69-42/h26-27,35-42,51-52,60-65H,1-25,43H2,(H,44,57)(H,45,58)(H,46,59)(H,47,53)(H,48,54)(H,49,55,56)/t26-,27-,35-,36-,37+,38+,39+,40+,41+,42+/m1/s1. The topological polar surface area (TPSA) is 420 Å². The van der Waals surface area contributed by atoms with Crippen molar-refractivity contribution in [1.29, 1.82) is 0 Å². The Morgan fingerprint density at radius 1 is 0.435 bits per heavy atom. The van der Waals surface area contributed by atoms with Crippen molar-refractivity contribution in [3.8, 4) is 0 Å². The van der Waals surface area contributed by atoms with Gasteiger partial charge in [0.2, 0.25) is 41.4 Å². The Labute approximate surface area is 400 Å². The molecule has 7 amide bonds. The van der Waals surface area contributed by atoms with Crippen LogP contribution in [0.2, 0.25) is 0 Å². The number of imide groups is 1. The van der Waals surface area contributed by atoms with E-state index >= 15 is 0 Å². The van der Waals surface area contributed by atoms with Gasteiger partial charge in [0.25, 0.3) is 0 Å². The number of nitrogens with two attached hydrogens (primary N) is 1. The summed E-state index contributed by atoms with van der Waals surface area (Å²) in [5.74, 6) is -2.85. The number of carbonyl (C=O) groups is 7. The van der Waals surface area contributed by atoms with E-state index in [1.165, 1.54) is 4.90 Å². The molecule has 0 aromatic heterocycles. The van der Waals surface area contributed by atoms with Crippen LogP contribution in [0.5, 0.6) is 0 Å². The van der Waals surface area contributed by atoms with Gasteiger partial charge in [0.15, 0.2) is 12.6 Å². The molecule has 16 N–H and O–H groups in total. The SMILES string of the molecule is NCC(=O)NC(=O)CCCCCNC(=O)CN(CC(=O)NCCCCCC(=O)NCCO[C@H]1O[C@H](CO)[C@@H](O)[C@H](O)[C@@H]1O)CC(=O)NCCCCCC(=O)NCCO[C@H]1O[C@H](CO)[C@@H](O)[C@H](O)[C@@H]1O. The molecule has 2 aliphatic heterocycles. The van der Waals surface area contributed by atoms with Crippen LogP contribution in [0.4, 0.5) is 0 Å². The Balaban J connectivity index is 1.69. The minimum absolute atomic E-state index is 0.0680. The van der Waals surface area contributed by atoms with Crippen LogP contribution in [0, 0.1) is 0 Å². The molecular formula is C42H76N8O19. The molecule has 27 nitrogen and oxygen atoms in total. The van der Waals surface area contributed by atoms with Crippen LogP contribution >= 0.6 is 0 Å². The zero-order valence-corrected chi connectivity index (χ0v) is 39.0. The third kappa shape index (κ3) is 25.1. The van der Waals surface area contributed by atoms with Gasteiger partial charge in [0, 0.05) is 52.0 Å². The normalized spacial score (nSPS) is 24.6. The van der Waals surface area contributed by atoms with Gasteiger partial charge in [-0.3, -0.25) is 43.8 Å². The summed E-state index contributed by atoms with van der Waals surface area (Å²) in [7, 11) is 0. The maximum atomic E-state index is 12.9. The average Bonchev–Trinajstić information content (AvgIpc) is 3.32. The number of ether oxygens (including phenoxy) is 4. The summed E-state index contributed by atoms with van der Waals surface area (Å²) in [5.41, 5.74) is 5.19. The fourth-order valence-electron chi connectivity index (χ4n) is 6.98. The first-order valence-electron chi connectivity index (χ1n) is 23.4. The molecule has 2 aliphatic rings. The Morgan fingerprint density at radius 2 is 0.783 bits per heavy atom. The molecule has 398 valence electrons. The zero-order chi connectivity index (χ0) is 51.1. The highest BCUT2D eigenvalue weighted by atomic mass is 16.7. The van der Waals surface area contributed by atoms with Crippen molar-refractivity contribution in [2.24, 2.45) is 5.73 Å². The maximum Gasteiger partial charge on any atom is 0.240 e. The molecule has 0 bridgehead atoms. The first kappa shape index (κ1) is 61.1. The monoisotopic (exact) mass is 997 g/mol. The molecule has 2 saturated heterocycles. The molecule has 2 heterocycles. The van der Waals surface area contributed by atoms with Gasteiger partial charge in [0.1, 0.15) is 48.8 Å². The van der Waals surface area contributed by atoms with Gasteiger partial charge in [-0.25, -0.2) is 0 Å². The van der Waals surface area contributed by atoms with E-state index in [4.69, 9.17) is 24.7 Å². The highest BCUT2D eigenvalue weighted by Crippen LogP contribution is 2.23. The van der Waals surface area contributed by atoms with Gasteiger partial charge in [-0.05, 0) is 38.5 Å². The van der Waals surface area contributed by atoms with E-state index in [-0.39, 0.29) is 103 Å². The lowest BCUT2D eigenvalue weighted by atomic mass is 9.99. The van der Waals surface area contributed by atoms with Crippen LogP contribution in [0.1, 0.15) is 77.0 Å². The Hall–Kier alpha value is -4.07. The molecule has 0 radical (unpaired) electrons. The first-order chi connectivity index (χ1) is 33.0. The number of rotatable bonds is 35. The molecule has 0 spiro atoms. The number of unbranched alkanes of at least 4 members (excludes halogenated alkanes) is 6. The third-order valence-corrected chi connectivity index (χ3v) is 10.9. The van der Waals surface area contributed by atoms with Crippen molar-refractivity contribution in [2.45, 2.75) is 138 Å². The van der Waals surface area contributed by atoms with Crippen molar-refractivity contribution in [2.75, 3.05) is 85.3 Å². The molecule has 0 saturated carbocycles. The number of carbonyl (C=O) groups excluding carboxylic acids is 7. The second kappa shape index (κ2) is 35.1. The summed E-state index contributed by atoms with van der Waals surface area (Å²) in [4.78, 5) is 87.5. The molecule has 0 aromatic rings. The summed E-state index contributed by atoms with van der Waals surface area (Å²) < 4.78 is 21.2. The highest BCUT2D eigenvalue weighted by molar-refractivity contribution is 5.95. The van der Waals surface area contributed by atoms with Crippen molar-refractivity contribution < 1.29 is 93.4 Å². The Bertz CT molecular complexity index is 1470. The average molecular weight is 997 g/mol. The predicted molar refractivity (Wildman–Crippen MR) is 239 cm³/mol. The highest BCUT2D eigenvalue weighted by Gasteiger charge is 2.45. The molecule has 0 aromatic carbocycles. The smallest absolute Gasteiger partial charge is 0.240 e. The van der Waals surface area contributed by atoms with Crippen molar-refractivity contribution in [3.05, 3.63) is 0 Å². The van der Waals surface area contributed by atoms with Crippen LogP contribution in [-0.4, -0.2) is 234 Å². The number of nitrogens with zero attached hydrogens (tertiary/aromatic N) is 1. The van der Waals surface area contributed by atoms with Gasteiger partial charge < -0.3 is 92.1 Å². The molecule has 2 rings (SSSR count). The Morgan fingerprint density at radius 3 is 1.13 bits per heavy atom. The van der Waals surface area contributed by atoms with E-state index < -0.39 is 104 Å². The molecule has 0 aliphatic carbocycles. The van der Waals surface area contributed by atoms with Crippen LogP contribution < -0.4 is 37.6 Å². The number of aliphatic hydroxyl groups excluding tert-OH is 8. The summed E-state index contributed by atoms with van der Waals surface area (Å²) in [5, 5.41) is 93.8. The fourth-order valence-corrected chi connectivity index (χ4v) is 6.98. The number of nitrogens with one attached hydrogen (secondary N) is 6. The van der Waals surface area contributed by atoms with Crippen LogP contribution in [0.3, 0.4) is 0 Å². The van der Waals surface area contributed by atoms with Crippen LogP contribution in [0.25, 0.3) is 0 Å². The van der Waals surface area contributed by atoms with Crippen molar-refractivity contribution >= 4 is 41.4 Å². The fraction of sp³-hybridized carbons (Fsp3) is 0.833. The molecular weight excluding hydrogens is 920 g/mol. The summed E-state index contributed by atoms with van der Waals surface area (Å²) in [6.45, 7) is -1.50. The molecule has 27 heteroatoms. The van der Waals surface area contributed by atoms with E-state index in [0.717, 1.165) is 0 Å². The first-order valence-corrected chi connectivity index (χ1v) is 23.4. The van der Waals surface area contributed by atoms with E-state index in [9.17, 15) is 74.4 Å². The quantitative estimate of drug-likeness (QED) is 0.0262. The van der Waals surface area contributed by atoms with Gasteiger partial charge >= 0.3 is 0 Å². The summed E-state index contributed by atoms with van der Waals surface area (Å²) in [6.07, 6.45) is -8.80. The second-order valence-corrected chi connectivity index (χ2v) is 16.6. The number of aliphatic hydroxyl groups is 8. The largest absolute Gasteiger partial charge is 0.394 e. The van der Waals surface area contributed by atoms with Gasteiger partial charge in [-0.2, -0.15) is 0 Å². The minimum atomic E-state index is -1.58. The van der Waals surface area contributed by atoms with E-state index in [1.54, 1.807) is 0 Å². The predicted octanol–water partition coefficient (Wildman–Crippen LogP) is -7.21. The lowest BCUT2D eigenvalue weighted by molar-refractivity contribution is -0.300. The van der Waals surface area contributed by atoms with Crippen LogP contribution in [0.15, 0.2) is 0 Å². The van der Waals surface area contributed by atoms with Crippen molar-refractivity contribution in [3.63, 3.8) is 0 Å². The summed E-state index contributed by atoms with van der Waals surface area (Å²) >= 11 is 0. The van der Waals surface area contributed by atoms with Gasteiger partial charge in [0.05, 0.1) is 52.6 Å². The lowest BCUT2D eigenvalue weighted by Gasteiger charge is -2.39. The number of hydrogen-bond acceptors (Lipinski definition) is 21. The number of hydrogen-bond donors (Lipinski definition) is 15. The van der Waals surface area contributed by atoms with Crippen LogP contribution in [-0.2, 0) is 52.5 Å². The number of amides is 7. The maximum absolute atomic E-state index is 12.9. The second-order valence-electron chi connectivity index (χ2n) is 16.6. The molecule has 0 unspecified atom stereocenters. The van der Waals surface area contributed by atoms with E-state index in [2.05, 4.69) is 31.9 Å². The molecule has 10 atom stereocenters. The van der Waals surface area contributed by atoms with Crippen molar-refractivity contribution in [1.82, 2.24) is 36.8 Å². The van der Waals surface area contributed by atoms with E-state index in [1.807, 2.05) is 0 Å². The molecule has 2 fully saturated rings. The third-order valence-electron chi connectivity index (χ3n) is 10.9. The Kier molecular flexibility index (Phi) is 31.1. The van der Waals surface area contributed by atoms with Gasteiger partial charge in [-0.1, -0.05) is 19.3 Å². The van der Waals surface area contributed by atoms with Gasteiger partial charge in [-0.15, -0.1) is 0 Å². The zero-order valence-electron chi connectivity index (χ0n) is 39.0. The lowest BCUT2D eigenvalue weighted by Crippen LogP contribution is -2.59. The minimum Gasteiger partial charge on any atom is -0.394 e. The van der Waals surface area contributed by atoms with E-state index in [0.29, 0.717) is 57.8 Å².